The van der Waals surface area contributed by atoms with Crippen molar-refractivity contribution in [1.29, 1.82) is 0 Å². The molecule has 0 fully saturated rings. The fourth-order valence-corrected chi connectivity index (χ4v) is 5.00. The van der Waals surface area contributed by atoms with Crippen LogP contribution in [0.15, 0.2) is 46.9 Å². The molecule has 2 aromatic carbocycles. The van der Waals surface area contributed by atoms with Gasteiger partial charge in [0.1, 0.15) is 12.6 Å². The Labute approximate surface area is 228 Å². The third-order valence-electron chi connectivity index (χ3n) is 5.46. The summed E-state index contributed by atoms with van der Waals surface area (Å²) in [7, 11) is -4.25. The van der Waals surface area contributed by atoms with Crippen molar-refractivity contribution in [2.24, 2.45) is 0 Å². The first-order valence-electron chi connectivity index (χ1n) is 11.3. The number of rotatable bonds is 11. The van der Waals surface area contributed by atoms with Crippen LogP contribution in [0, 0.1) is 0 Å². The van der Waals surface area contributed by atoms with Crippen LogP contribution in [-0.4, -0.2) is 50.5 Å². The Bertz CT molecular complexity index is 1230. The zero-order chi connectivity index (χ0) is 28.0. The maximum atomic E-state index is 13.5. The minimum atomic E-state index is -4.76. The van der Waals surface area contributed by atoms with Gasteiger partial charge in [0.2, 0.25) is 21.8 Å². The summed E-state index contributed by atoms with van der Waals surface area (Å²) in [4.78, 5) is 27.5. The summed E-state index contributed by atoms with van der Waals surface area (Å²) in [6, 6.07) is 8.20. The van der Waals surface area contributed by atoms with Gasteiger partial charge in [0.15, 0.2) is 0 Å². The standard InChI is InChI=1S/C24H28BrClF3N3O4S/c1-4-5-11-30-23(34)16(2)31(14-17-7-6-8-19(25)12-17)22(33)15-32(37(3,35)36)21-13-18(24(27,28)29)9-10-20(21)26/h6-10,12-13,16H,4-5,11,14-15H2,1-3H3,(H,30,34)/t16-/m1/s1. The lowest BCUT2D eigenvalue weighted by Crippen LogP contribution is -2.51. The summed E-state index contributed by atoms with van der Waals surface area (Å²) in [5.41, 5.74) is -0.962. The zero-order valence-corrected chi connectivity index (χ0v) is 23.6. The van der Waals surface area contributed by atoms with E-state index in [4.69, 9.17) is 11.6 Å². The highest BCUT2D eigenvalue weighted by Gasteiger charge is 2.34. The second-order valence-electron chi connectivity index (χ2n) is 8.41. The average molecular weight is 627 g/mol. The number of unbranched alkanes of at least 4 members (excludes halogenated alkanes) is 1. The largest absolute Gasteiger partial charge is 0.416 e. The minimum absolute atomic E-state index is 0.0471. The van der Waals surface area contributed by atoms with Gasteiger partial charge in [-0.15, -0.1) is 0 Å². The van der Waals surface area contributed by atoms with Gasteiger partial charge in [-0.05, 0) is 49.2 Å². The van der Waals surface area contributed by atoms with Gasteiger partial charge in [-0.3, -0.25) is 13.9 Å². The summed E-state index contributed by atoms with van der Waals surface area (Å²) >= 11 is 9.42. The third-order valence-corrected chi connectivity index (χ3v) is 7.40. The molecule has 0 saturated carbocycles. The summed E-state index contributed by atoms with van der Waals surface area (Å²) in [6.07, 6.45) is -2.43. The van der Waals surface area contributed by atoms with E-state index in [-0.39, 0.29) is 11.6 Å². The van der Waals surface area contributed by atoms with Gasteiger partial charge < -0.3 is 10.2 Å². The normalized spacial score (nSPS) is 12.6. The number of hydrogen-bond donors (Lipinski definition) is 1. The van der Waals surface area contributed by atoms with Crippen LogP contribution in [0.4, 0.5) is 18.9 Å². The van der Waals surface area contributed by atoms with Crippen LogP contribution in [0.5, 0.6) is 0 Å². The molecule has 1 atom stereocenters. The van der Waals surface area contributed by atoms with Gasteiger partial charge in [0.25, 0.3) is 0 Å². The molecule has 0 bridgehead atoms. The minimum Gasteiger partial charge on any atom is -0.354 e. The molecule has 2 amide bonds. The number of amides is 2. The number of carbonyl (C=O) groups excluding carboxylic acids is 2. The van der Waals surface area contributed by atoms with Crippen LogP contribution >= 0.6 is 27.5 Å². The third kappa shape index (κ3) is 8.89. The van der Waals surface area contributed by atoms with E-state index in [1.165, 1.54) is 11.8 Å². The van der Waals surface area contributed by atoms with E-state index >= 15 is 0 Å². The molecule has 0 aliphatic carbocycles. The topological polar surface area (TPSA) is 86.8 Å². The maximum Gasteiger partial charge on any atom is 0.416 e. The van der Waals surface area contributed by atoms with Crippen LogP contribution in [0.2, 0.25) is 5.02 Å². The molecule has 0 radical (unpaired) electrons. The van der Waals surface area contributed by atoms with E-state index in [0.717, 1.165) is 35.7 Å². The lowest BCUT2D eigenvalue weighted by Gasteiger charge is -2.32. The van der Waals surface area contributed by atoms with Gasteiger partial charge in [-0.2, -0.15) is 13.2 Å². The molecule has 0 unspecified atom stereocenters. The first kappa shape index (κ1) is 30.9. The average Bonchev–Trinajstić information content (AvgIpc) is 2.79. The van der Waals surface area contributed by atoms with E-state index in [2.05, 4.69) is 21.2 Å². The van der Waals surface area contributed by atoms with Crippen molar-refractivity contribution in [2.75, 3.05) is 23.7 Å². The smallest absolute Gasteiger partial charge is 0.354 e. The van der Waals surface area contributed by atoms with Crippen molar-refractivity contribution in [3.8, 4) is 0 Å². The molecule has 0 saturated heterocycles. The van der Waals surface area contributed by atoms with E-state index in [9.17, 15) is 31.2 Å². The van der Waals surface area contributed by atoms with Crippen molar-refractivity contribution in [3.05, 3.63) is 63.1 Å². The SMILES string of the molecule is CCCCNC(=O)[C@@H](C)N(Cc1cccc(Br)c1)C(=O)CN(c1cc(C(F)(F)F)ccc1Cl)S(C)(=O)=O. The van der Waals surface area contributed by atoms with Crippen LogP contribution in [0.25, 0.3) is 0 Å². The van der Waals surface area contributed by atoms with Gasteiger partial charge in [-0.1, -0.05) is 53.0 Å². The Kier molecular flexibility index (Phi) is 10.8. The van der Waals surface area contributed by atoms with E-state index in [1.54, 1.807) is 24.3 Å². The van der Waals surface area contributed by atoms with Crippen molar-refractivity contribution >= 4 is 55.1 Å². The maximum absolute atomic E-state index is 13.5. The van der Waals surface area contributed by atoms with Crippen LogP contribution in [0.3, 0.4) is 0 Å². The number of hydrogen-bond acceptors (Lipinski definition) is 4. The molecule has 2 aromatic rings. The molecular formula is C24H28BrClF3N3O4S. The number of halogens is 5. The number of sulfonamides is 1. The fraction of sp³-hybridized carbons (Fsp3) is 0.417. The predicted molar refractivity (Wildman–Crippen MR) is 141 cm³/mol. The van der Waals surface area contributed by atoms with E-state index < -0.39 is 51.9 Å². The lowest BCUT2D eigenvalue weighted by molar-refractivity contribution is -0.139. The monoisotopic (exact) mass is 625 g/mol. The van der Waals surface area contributed by atoms with Gasteiger partial charge in [-0.25, -0.2) is 8.42 Å². The first-order chi connectivity index (χ1) is 17.1. The first-order valence-corrected chi connectivity index (χ1v) is 14.3. The molecule has 37 heavy (non-hydrogen) atoms. The molecule has 204 valence electrons. The summed E-state index contributed by atoms with van der Waals surface area (Å²) in [5.74, 6) is -1.24. The lowest BCUT2D eigenvalue weighted by atomic mass is 10.1. The Hall–Kier alpha value is -2.31. The number of nitrogens with zero attached hydrogens (tertiary/aromatic N) is 2. The molecule has 0 aliphatic heterocycles. The molecule has 0 spiro atoms. The Morgan fingerprint density at radius 1 is 1.16 bits per heavy atom. The van der Waals surface area contributed by atoms with Crippen molar-refractivity contribution in [3.63, 3.8) is 0 Å². The summed E-state index contributed by atoms with van der Waals surface area (Å²) in [5, 5.41) is 2.46. The molecule has 2 rings (SSSR count). The van der Waals surface area contributed by atoms with Crippen LogP contribution in [-0.2, 0) is 32.3 Å². The van der Waals surface area contributed by atoms with Crippen molar-refractivity contribution in [2.45, 2.75) is 45.5 Å². The highest BCUT2D eigenvalue weighted by atomic mass is 79.9. The highest BCUT2D eigenvalue weighted by Crippen LogP contribution is 2.36. The van der Waals surface area contributed by atoms with Crippen LogP contribution < -0.4 is 9.62 Å². The fourth-order valence-electron chi connectivity index (χ4n) is 3.43. The summed E-state index contributed by atoms with van der Waals surface area (Å²) < 4.78 is 66.4. The molecule has 0 aromatic heterocycles. The second kappa shape index (κ2) is 13.0. The van der Waals surface area contributed by atoms with E-state index in [1.807, 2.05) is 6.92 Å². The van der Waals surface area contributed by atoms with Crippen molar-refractivity contribution in [1.82, 2.24) is 10.2 Å². The molecular weight excluding hydrogens is 599 g/mol. The molecule has 0 aliphatic rings. The highest BCUT2D eigenvalue weighted by molar-refractivity contribution is 9.10. The van der Waals surface area contributed by atoms with Gasteiger partial charge >= 0.3 is 6.18 Å². The Balaban J connectivity index is 2.46. The number of anilines is 1. The van der Waals surface area contributed by atoms with Crippen LogP contribution in [0.1, 0.15) is 37.8 Å². The predicted octanol–water partition coefficient (Wildman–Crippen LogP) is 5.22. The molecule has 1 N–H and O–H groups in total. The Morgan fingerprint density at radius 3 is 2.41 bits per heavy atom. The number of benzene rings is 2. The molecule has 7 nitrogen and oxygen atoms in total. The number of nitrogens with one attached hydrogen (secondary N) is 1. The molecule has 0 heterocycles. The molecule has 13 heteroatoms. The Morgan fingerprint density at radius 2 is 1.84 bits per heavy atom. The van der Waals surface area contributed by atoms with E-state index in [0.29, 0.717) is 22.5 Å². The summed E-state index contributed by atoms with van der Waals surface area (Å²) in [6.45, 7) is 2.94. The van der Waals surface area contributed by atoms with Crippen molar-refractivity contribution < 1.29 is 31.2 Å². The number of alkyl halides is 3. The zero-order valence-electron chi connectivity index (χ0n) is 20.5. The van der Waals surface area contributed by atoms with Gasteiger partial charge in [0.05, 0.1) is 22.5 Å². The second-order valence-corrected chi connectivity index (χ2v) is 11.6. The van der Waals surface area contributed by atoms with Gasteiger partial charge in [0, 0.05) is 17.6 Å². The quantitative estimate of drug-likeness (QED) is 0.347. The number of carbonyl (C=O) groups is 2.